The Morgan fingerprint density at radius 2 is 2.15 bits per heavy atom. The summed E-state index contributed by atoms with van der Waals surface area (Å²) in [4.78, 5) is 16.8. The highest BCUT2D eigenvalue weighted by Gasteiger charge is 2.06. The Hall–Kier alpha value is -1.12. The molecule has 1 amide bonds. The van der Waals surface area contributed by atoms with E-state index in [0.29, 0.717) is 0 Å². The zero-order valence-electron chi connectivity index (χ0n) is 8.87. The van der Waals surface area contributed by atoms with Crippen LogP contribution in [0.2, 0.25) is 0 Å². The Morgan fingerprint density at radius 3 is 2.54 bits per heavy atom. The number of nitrogens with zero attached hydrogens (tertiary/aromatic N) is 2. The normalized spacial score (nSPS) is 13.7. The summed E-state index contributed by atoms with van der Waals surface area (Å²) in [6.45, 7) is 9.00. The molecule has 0 bridgehead atoms. The zero-order valence-corrected chi connectivity index (χ0v) is 8.87. The maximum Gasteiger partial charge on any atom is 0.224 e. The second-order valence-corrected chi connectivity index (χ2v) is 3.13. The van der Waals surface area contributed by atoms with Crippen molar-refractivity contribution in [3.8, 4) is 0 Å². The van der Waals surface area contributed by atoms with Crippen molar-refractivity contribution >= 4 is 11.7 Å². The summed E-state index contributed by atoms with van der Waals surface area (Å²) in [6.07, 6.45) is 2.66. The zero-order chi connectivity index (χ0) is 10.4. The summed E-state index contributed by atoms with van der Waals surface area (Å²) in [6, 6.07) is 0.194. The first-order chi connectivity index (χ1) is 5.99. The van der Waals surface area contributed by atoms with E-state index in [4.69, 9.17) is 0 Å². The van der Waals surface area contributed by atoms with E-state index in [2.05, 4.69) is 11.6 Å². The van der Waals surface area contributed by atoms with Crippen molar-refractivity contribution in [1.82, 2.24) is 4.90 Å². The van der Waals surface area contributed by atoms with E-state index in [1.807, 2.05) is 19.9 Å². The van der Waals surface area contributed by atoms with Crippen LogP contribution in [0.4, 0.5) is 0 Å². The quantitative estimate of drug-likeness (QED) is 0.372. The number of hydrogen-bond donors (Lipinski definition) is 0. The van der Waals surface area contributed by atoms with Crippen LogP contribution in [0, 0.1) is 0 Å². The molecule has 74 valence electrons. The first kappa shape index (κ1) is 11.9. The summed E-state index contributed by atoms with van der Waals surface area (Å²) >= 11 is 0. The Kier molecular flexibility index (Phi) is 5.04. The average molecular weight is 182 g/mol. The topological polar surface area (TPSA) is 32.7 Å². The van der Waals surface area contributed by atoms with Gasteiger partial charge < -0.3 is 4.90 Å². The van der Waals surface area contributed by atoms with Gasteiger partial charge in [0.25, 0.3) is 0 Å². The van der Waals surface area contributed by atoms with Crippen molar-refractivity contribution < 1.29 is 4.79 Å². The number of hydrogen-bond acceptors (Lipinski definition) is 2. The van der Waals surface area contributed by atoms with E-state index in [9.17, 15) is 4.79 Å². The van der Waals surface area contributed by atoms with Gasteiger partial charge in [-0.15, -0.1) is 6.58 Å². The van der Waals surface area contributed by atoms with Gasteiger partial charge in [0.15, 0.2) is 0 Å². The molecule has 0 saturated heterocycles. The highest BCUT2D eigenvalue weighted by molar-refractivity contribution is 5.95. The van der Waals surface area contributed by atoms with Crippen LogP contribution in [0.25, 0.3) is 0 Å². The molecule has 0 fully saturated rings. The van der Waals surface area contributed by atoms with Crippen LogP contribution < -0.4 is 0 Å². The van der Waals surface area contributed by atoms with E-state index in [0.717, 1.165) is 12.3 Å². The van der Waals surface area contributed by atoms with Crippen molar-refractivity contribution in [2.24, 2.45) is 4.99 Å². The lowest BCUT2D eigenvalue weighted by atomic mass is 10.2. The molecular formula is C10H18N2O. The Labute approximate surface area is 80.2 Å². The van der Waals surface area contributed by atoms with E-state index < -0.39 is 0 Å². The summed E-state index contributed by atoms with van der Waals surface area (Å²) in [5.41, 5.74) is 0. The molecule has 0 heterocycles. The Morgan fingerprint density at radius 1 is 1.62 bits per heavy atom. The minimum atomic E-state index is 0.00653. The molecule has 0 aliphatic carbocycles. The largest absolute Gasteiger partial charge is 0.304 e. The molecule has 0 aliphatic heterocycles. The Bertz CT molecular complexity index is 221. The van der Waals surface area contributed by atoms with Gasteiger partial charge in [-0.3, -0.25) is 9.79 Å². The van der Waals surface area contributed by atoms with Gasteiger partial charge in [-0.05, 0) is 20.3 Å². The summed E-state index contributed by atoms with van der Waals surface area (Å²) in [7, 11) is 1.72. The lowest BCUT2D eigenvalue weighted by Crippen LogP contribution is -2.29. The molecule has 0 saturated carbocycles. The highest BCUT2D eigenvalue weighted by atomic mass is 16.2. The standard InChI is InChI=1S/C10H18N2O/c1-6-7-8(2)11-9(3)12(5)10(4)13/h6,8H,1,7H2,2-5H3. The minimum absolute atomic E-state index is 0.00653. The third-order valence-corrected chi connectivity index (χ3v) is 1.87. The first-order valence-corrected chi connectivity index (χ1v) is 4.38. The predicted octanol–water partition coefficient (Wildman–Crippen LogP) is 1.85. The van der Waals surface area contributed by atoms with Gasteiger partial charge in [0.1, 0.15) is 5.84 Å². The monoisotopic (exact) mass is 182 g/mol. The summed E-state index contributed by atoms with van der Waals surface area (Å²) in [5, 5.41) is 0. The van der Waals surface area contributed by atoms with Gasteiger partial charge in [0.2, 0.25) is 5.91 Å². The molecule has 0 N–H and O–H groups in total. The molecule has 0 aliphatic rings. The minimum Gasteiger partial charge on any atom is -0.304 e. The molecule has 0 aromatic carbocycles. The van der Waals surface area contributed by atoms with Gasteiger partial charge in [-0.2, -0.15) is 0 Å². The molecule has 3 heteroatoms. The van der Waals surface area contributed by atoms with Gasteiger partial charge in [-0.1, -0.05) is 6.08 Å². The van der Waals surface area contributed by atoms with E-state index in [1.165, 1.54) is 6.92 Å². The molecule has 1 unspecified atom stereocenters. The summed E-state index contributed by atoms with van der Waals surface area (Å²) < 4.78 is 0. The number of carbonyl (C=O) groups is 1. The fourth-order valence-corrected chi connectivity index (χ4v) is 0.927. The number of amides is 1. The second kappa shape index (κ2) is 5.51. The molecular weight excluding hydrogens is 164 g/mol. The molecule has 0 aromatic heterocycles. The van der Waals surface area contributed by atoms with Crippen molar-refractivity contribution in [3.05, 3.63) is 12.7 Å². The molecule has 0 rings (SSSR count). The molecule has 13 heavy (non-hydrogen) atoms. The van der Waals surface area contributed by atoms with Crippen LogP contribution in [0.1, 0.15) is 27.2 Å². The fourth-order valence-electron chi connectivity index (χ4n) is 0.927. The lowest BCUT2D eigenvalue weighted by Gasteiger charge is -2.15. The number of carbonyl (C=O) groups excluding carboxylic acids is 1. The van der Waals surface area contributed by atoms with Gasteiger partial charge in [-0.25, -0.2) is 0 Å². The van der Waals surface area contributed by atoms with Crippen LogP contribution >= 0.6 is 0 Å². The number of rotatable bonds is 3. The lowest BCUT2D eigenvalue weighted by molar-refractivity contribution is -0.124. The molecule has 1 atom stereocenters. The van der Waals surface area contributed by atoms with Crippen LogP contribution in [-0.2, 0) is 4.79 Å². The van der Waals surface area contributed by atoms with Crippen molar-refractivity contribution in [3.63, 3.8) is 0 Å². The smallest absolute Gasteiger partial charge is 0.224 e. The van der Waals surface area contributed by atoms with Crippen LogP contribution in [0.3, 0.4) is 0 Å². The Balaban J connectivity index is 4.29. The van der Waals surface area contributed by atoms with Crippen molar-refractivity contribution in [1.29, 1.82) is 0 Å². The average Bonchev–Trinajstić information content (AvgIpc) is 2.03. The van der Waals surface area contributed by atoms with Crippen molar-refractivity contribution in [2.75, 3.05) is 7.05 Å². The van der Waals surface area contributed by atoms with E-state index >= 15 is 0 Å². The van der Waals surface area contributed by atoms with Crippen LogP contribution in [-0.4, -0.2) is 29.7 Å². The molecule has 3 nitrogen and oxygen atoms in total. The maximum atomic E-state index is 10.9. The summed E-state index contributed by atoms with van der Waals surface area (Å²) in [5.74, 6) is 0.758. The molecule has 0 radical (unpaired) electrons. The third kappa shape index (κ3) is 4.45. The number of aliphatic imine (C=N–C) groups is 1. The van der Waals surface area contributed by atoms with E-state index in [-0.39, 0.29) is 11.9 Å². The highest BCUT2D eigenvalue weighted by Crippen LogP contribution is 1.99. The van der Waals surface area contributed by atoms with Gasteiger partial charge >= 0.3 is 0 Å². The van der Waals surface area contributed by atoms with Crippen LogP contribution in [0.15, 0.2) is 17.6 Å². The number of amidine groups is 1. The van der Waals surface area contributed by atoms with Gasteiger partial charge in [0, 0.05) is 14.0 Å². The maximum absolute atomic E-state index is 10.9. The molecule has 0 aromatic rings. The predicted molar refractivity (Wildman–Crippen MR) is 55.8 cm³/mol. The molecule has 0 spiro atoms. The third-order valence-electron chi connectivity index (χ3n) is 1.87. The van der Waals surface area contributed by atoms with Crippen molar-refractivity contribution in [2.45, 2.75) is 33.2 Å². The van der Waals surface area contributed by atoms with Crippen LogP contribution in [0.5, 0.6) is 0 Å². The van der Waals surface area contributed by atoms with Gasteiger partial charge in [0.05, 0.1) is 6.04 Å². The SMILES string of the molecule is C=CCC(C)N=C(C)N(C)C(C)=O. The first-order valence-electron chi connectivity index (χ1n) is 4.38. The fraction of sp³-hybridized carbons (Fsp3) is 0.600. The van der Waals surface area contributed by atoms with E-state index in [1.54, 1.807) is 11.9 Å². The second-order valence-electron chi connectivity index (χ2n) is 3.13.